The van der Waals surface area contributed by atoms with Gasteiger partial charge in [0.15, 0.2) is 11.5 Å². The van der Waals surface area contributed by atoms with E-state index in [4.69, 9.17) is 9.47 Å². The average Bonchev–Trinajstić information content (AvgIpc) is 3.27. The number of halogens is 1. The first-order valence-corrected chi connectivity index (χ1v) is 10.4. The molecule has 4 rings (SSSR count). The van der Waals surface area contributed by atoms with E-state index in [1.807, 2.05) is 30.3 Å². The minimum Gasteiger partial charge on any atom is -0.454 e. The molecule has 2 N–H and O–H groups in total. The van der Waals surface area contributed by atoms with Crippen LogP contribution in [0.2, 0.25) is 0 Å². The number of carbonyl (C=O) groups is 2. The predicted octanol–water partition coefficient (Wildman–Crippen LogP) is 4.10. The molecule has 3 aromatic carbocycles. The van der Waals surface area contributed by atoms with E-state index in [1.54, 1.807) is 48.5 Å². The van der Waals surface area contributed by atoms with Gasteiger partial charge in [-0.1, -0.05) is 52.3 Å². The van der Waals surface area contributed by atoms with Crippen molar-refractivity contribution in [2.75, 3.05) is 6.79 Å². The van der Waals surface area contributed by atoms with Crippen LogP contribution in [0.1, 0.15) is 21.5 Å². The Morgan fingerprint density at radius 1 is 0.906 bits per heavy atom. The standard InChI is InChI=1S/C24H18BrN3O4/c25-19-8-4-5-17(11-19)14-26-28-24(30)20(27-23(29)18-6-2-1-3-7-18)12-16-9-10-21-22(13-16)32-15-31-21/h1-14H,15H2,(H,27,29)(H,28,30). The zero-order chi connectivity index (χ0) is 22.3. The van der Waals surface area contributed by atoms with E-state index in [-0.39, 0.29) is 12.5 Å². The van der Waals surface area contributed by atoms with Gasteiger partial charge in [-0.15, -0.1) is 0 Å². The van der Waals surface area contributed by atoms with Crippen LogP contribution in [0.4, 0.5) is 0 Å². The number of hydrazone groups is 1. The number of fused-ring (bicyclic) bond motifs is 1. The van der Waals surface area contributed by atoms with Crippen molar-refractivity contribution in [1.82, 2.24) is 10.7 Å². The van der Waals surface area contributed by atoms with Gasteiger partial charge in [0.2, 0.25) is 6.79 Å². The Morgan fingerprint density at radius 3 is 2.53 bits per heavy atom. The van der Waals surface area contributed by atoms with E-state index in [1.165, 1.54) is 6.21 Å². The maximum absolute atomic E-state index is 12.8. The lowest BCUT2D eigenvalue weighted by Crippen LogP contribution is -2.32. The molecule has 0 atom stereocenters. The molecule has 0 spiro atoms. The summed E-state index contributed by atoms with van der Waals surface area (Å²) in [5.41, 5.74) is 4.37. The van der Waals surface area contributed by atoms with Gasteiger partial charge in [0, 0.05) is 10.0 Å². The Labute approximate surface area is 192 Å². The van der Waals surface area contributed by atoms with Gasteiger partial charge in [0.25, 0.3) is 11.8 Å². The number of nitrogens with zero attached hydrogens (tertiary/aromatic N) is 1. The second-order valence-electron chi connectivity index (χ2n) is 6.74. The molecule has 0 fully saturated rings. The highest BCUT2D eigenvalue weighted by Crippen LogP contribution is 2.33. The van der Waals surface area contributed by atoms with Crippen molar-refractivity contribution in [1.29, 1.82) is 0 Å². The van der Waals surface area contributed by atoms with Crippen molar-refractivity contribution in [3.63, 3.8) is 0 Å². The topological polar surface area (TPSA) is 89.0 Å². The van der Waals surface area contributed by atoms with Gasteiger partial charge in [0.05, 0.1) is 6.21 Å². The van der Waals surface area contributed by atoms with Gasteiger partial charge in [-0.3, -0.25) is 9.59 Å². The molecule has 7 nitrogen and oxygen atoms in total. The molecule has 0 aromatic heterocycles. The molecule has 0 bridgehead atoms. The summed E-state index contributed by atoms with van der Waals surface area (Å²) >= 11 is 3.39. The van der Waals surface area contributed by atoms with Gasteiger partial charge in [-0.05, 0) is 53.6 Å². The first-order chi connectivity index (χ1) is 15.6. The molecule has 1 heterocycles. The fraction of sp³-hybridized carbons (Fsp3) is 0.0417. The van der Waals surface area contributed by atoms with Crippen molar-refractivity contribution in [3.05, 3.63) is 99.7 Å². The molecule has 3 aromatic rings. The molecule has 0 aliphatic carbocycles. The van der Waals surface area contributed by atoms with Crippen LogP contribution >= 0.6 is 15.9 Å². The van der Waals surface area contributed by atoms with E-state index in [2.05, 4.69) is 31.8 Å². The van der Waals surface area contributed by atoms with Crippen LogP contribution in [0.3, 0.4) is 0 Å². The lowest BCUT2D eigenvalue weighted by molar-refractivity contribution is -0.117. The number of hydrogen-bond acceptors (Lipinski definition) is 5. The van der Waals surface area contributed by atoms with Crippen LogP contribution in [-0.2, 0) is 4.79 Å². The maximum Gasteiger partial charge on any atom is 0.287 e. The summed E-state index contributed by atoms with van der Waals surface area (Å²) in [6, 6.07) is 21.3. The summed E-state index contributed by atoms with van der Waals surface area (Å²) in [7, 11) is 0. The highest BCUT2D eigenvalue weighted by Gasteiger charge is 2.16. The van der Waals surface area contributed by atoms with E-state index in [0.717, 1.165) is 10.0 Å². The lowest BCUT2D eigenvalue weighted by atomic mass is 10.1. The summed E-state index contributed by atoms with van der Waals surface area (Å²) in [6.45, 7) is 0.144. The van der Waals surface area contributed by atoms with Crippen LogP contribution in [0, 0.1) is 0 Å². The smallest absolute Gasteiger partial charge is 0.287 e. The minimum atomic E-state index is -0.571. The Balaban J connectivity index is 1.56. The monoisotopic (exact) mass is 491 g/mol. The van der Waals surface area contributed by atoms with E-state index in [9.17, 15) is 9.59 Å². The number of rotatable bonds is 6. The molecule has 32 heavy (non-hydrogen) atoms. The Morgan fingerprint density at radius 2 is 1.72 bits per heavy atom. The SMILES string of the molecule is O=C(NN=Cc1cccc(Br)c1)C(=Cc1ccc2c(c1)OCO2)NC(=O)c1ccccc1. The van der Waals surface area contributed by atoms with Crippen LogP contribution < -0.4 is 20.2 Å². The van der Waals surface area contributed by atoms with Crippen LogP contribution in [-0.4, -0.2) is 24.8 Å². The average molecular weight is 492 g/mol. The third kappa shape index (κ3) is 5.41. The molecular weight excluding hydrogens is 474 g/mol. The number of hydrogen-bond donors (Lipinski definition) is 2. The van der Waals surface area contributed by atoms with Crippen molar-refractivity contribution in [2.45, 2.75) is 0 Å². The lowest BCUT2D eigenvalue weighted by Gasteiger charge is -2.09. The molecule has 0 unspecified atom stereocenters. The van der Waals surface area contributed by atoms with Gasteiger partial charge >= 0.3 is 0 Å². The second-order valence-corrected chi connectivity index (χ2v) is 7.66. The number of ether oxygens (including phenoxy) is 2. The summed E-state index contributed by atoms with van der Waals surface area (Å²) in [5, 5.41) is 6.66. The Bertz CT molecular complexity index is 1210. The summed E-state index contributed by atoms with van der Waals surface area (Å²) < 4.78 is 11.6. The van der Waals surface area contributed by atoms with Gasteiger partial charge in [0.1, 0.15) is 5.70 Å². The Kier molecular flexibility index (Phi) is 6.62. The maximum atomic E-state index is 12.8. The second kappa shape index (κ2) is 9.93. The molecule has 1 aliphatic heterocycles. The van der Waals surface area contributed by atoms with E-state index in [0.29, 0.717) is 22.6 Å². The molecule has 0 radical (unpaired) electrons. The van der Waals surface area contributed by atoms with Crippen molar-refractivity contribution in [3.8, 4) is 11.5 Å². The molecule has 2 amide bonds. The number of benzene rings is 3. The molecule has 8 heteroatoms. The normalized spacial score (nSPS) is 12.6. The quantitative estimate of drug-likeness (QED) is 0.308. The largest absolute Gasteiger partial charge is 0.454 e. The third-order valence-corrected chi connectivity index (χ3v) is 4.96. The zero-order valence-electron chi connectivity index (χ0n) is 16.7. The van der Waals surface area contributed by atoms with Gasteiger partial charge in [-0.25, -0.2) is 5.43 Å². The summed E-state index contributed by atoms with van der Waals surface area (Å²) in [5.74, 6) is 0.211. The zero-order valence-corrected chi connectivity index (χ0v) is 18.3. The first-order valence-electron chi connectivity index (χ1n) is 9.65. The van der Waals surface area contributed by atoms with E-state index >= 15 is 0 Å². The highest BCUT2D eigenvalue weighted by atomic mass is 79.9. The molecule has 0 saturated heterocycles. The molecular formula is C24H18BrN3O4. The van der Waals surface area contributed by atoms with Crippen LogP contribution in [0.5, 0.6) is 11.5 Å². The fourth-order valence-corrected chi connectivity index (χ4v) is 3.34. The van der Waals surface area contributed by atoms with Crippen molar-refractivity contribution < 1.29 is 19.1 Å². The van der Waals surface area contributed by atoms with E-state index < -0.39 is 11.8 Å². The summed E-state index contributed by atoms with van der Waals surface area (Å²) in [6.07, 6.45) is 3.06. The van der Waals surface area contributed by atoms with Crippen LogP contribution in [0.25, 0.3) is 6.08 Å². The number of carbonyl (C=O) groups excluding carboxylic acids is 2. The van der Waals surface area contributed by atoms with Crippen molar-refractivity contribution in [2.24, 2.45) is 5.10 Å². The first kappa shape index (κ1) is 21.3. The molecule has 160 valence electrons. The fourth-order valence-electron chi connectivity index (χ4n) is 2.92. The number of nitrogens with one attached hydrogen (secondary N) is 2. The van der Waals surface area contributed by atoms with Gasteiger partial charge in [-0.2, -0.15) is 5.10 Å². The van der Waals surface area contributed by atoms with Crippen molar-refractivity contribution >= 4 is 40.0 Å². The summed E-state index contributed by atoms with van der Waals surface area (Å²) in [4.78, 5) is 25.5. The number of amides is 2. The highest BCUT2D eigenvalue weighted by molar-refractivity contribution is 9.10. The third-order valence-electron chi connectivity index (χ3n) is 4.46. The molecule has 1 aliphatic rings. The predicted molar refractivity (Wildman–Crippen MR) is 124 cm³/mol. The van der Waals surface area contributed by atoms with Gasteiger partial charge < -0.3 is 14.8 Å². The van der Waals surface area contributed by atoms with Crippen LogP contribution in [0.15, 0.2) is 88.1 Å². The minimum absolute atomic E-state index is 0.0316. The molecule has 0 saturated carbocycles. The Hall–Kier alpha value is -3.91.